The van der Waals surface area contributed by atoms with E-state index in [1.54, 1.807) is 0 Å². The Hall–Kier alpha value is -2.67. The van der Waals surface area contributed by atoms with E-state index in [9.17, 15) is 4.79 Å². The monoisotopic (exact) mass is 368 g/mol. The van der Waals surface area contributed by atoms with E-state index in [2.05, 4.69) is 60.7 Å². The molecule has 0 amide bonds. The molecular formula is C27H28O. The summed E-state index contributed by atoms with van der Waals surface area (Å²) < 4.78 is 0. The third-order valence-corrected chi connectivity index (χ3v) is 6.04. The zero-order chi connectivity index (χ0) is 19.2. The SMILES string of the molecule is O=C(CCC1CCCCC1)c1ccc(-c2ccc(-c3ccccc3)cc2)cc1. The summed E-state index contributed by atoms with van der Waals surface area (Å²) in [6, 6.07) is 27.2. The van der Waals surface area contributed by atoms with Gasteiger partial charge < -0.3 is 0 Å². The molecule has 3 aromatic carbocycles. The van der Waals surface area contributed by atoms with Crippen LogP contribution in [-0.4, -0.2) is 5.78 Å². The molecule has 1 nitrogen and oxygen atoms in total. The standard InChI is InChI=1S/C27H28O/c28-27(20-11-21-7-3-1-4-8-21)26-18-16-25(17-19-26)24-14-12-23(13-15-24)22-9-5-2-6-10-22/h2,5-6,9-10,12-19,21H,1,3-4,7-8,11,20H2. The second-order valence-electron chi connectivity index (χ2n) is 7.99. The van der Waals surface area contributed by atoms with Gasteiger partial charge in [-0.15, -0.1) is 0 Å². The van der Waals surface area contributed by atoms with Gasteiger partial charge in [0.1, 0.15) is 0 Å². The summed E-state index contributed by atoms with van der Waals surface area (Å²) in [7, 11) is 0. The average molecular weight is 369 g/mol. The molecule has 0 unspecified atom stereocenters. The number of rotatable bonds is 6. The van der Waals surface area contributed by atoms with Crippen LogP contribution in [-0.2, 0) is 0 Å². The van der Waals surface area contributed by atoms with Crippen LogP contribution < -0.4 is 0 Å². The Morgan fingerprint density at radius 1 is 0.643 bits per heavy atom. The van der Waals surface area contributed by atoms with Crippen LogP contribution in [0, 0.1) is 5.92 Å². The Balaban J connectivity index is 1.39. The van der Waals surface area contributed by atoms with E-state index in [-0.39, 0.29) is 5.78 Å². The summed E-state index contributed by atoms with van der Waals surface area (Å²) in [6.45, 7) is 0. The van der Waals surface area contributed by atoms with Crippen molar-refractivity contribution in [1.29, 1.82) is 0 Å². The lowest BCUT2D eigenvalue weighted by atomic mass is 9.85. The molecule has 0 spiro atoms. The lowest BCUT2D eigenvalue weighted by Crippen LogP contribution is -2.09. The minimum atomic E-state index is 0.288. The van der Waals surface area contributed by atoms with Crippen LogP contribution in [0.1, 0.15) is 55.3 Å². The minimum Gasteiger partial charge on any atom is -0.294 e. The third-order valence-electron chi connectivity index (χ3n) is 6.04. The summed E-state index contributed by atoms with van der Waals surface area (Å²) in [4.78, 5) is 12.5. The van der Waals surface area contributed by atoms with Gasteiger partial charge in [0.25, 0.3) is 0 Å². The van der Waals surface area contributed by atoms with Gasteiger partial charge in [0.05, 0.1) is 0 Å². The van der Waals surface area contributed by atoms with Crippen molar-refractivity contribution in [2.45, 2.75) is 44.9 Å². The Morgan fingerprint density at radius 3 is 1.71 bits per heavy atom. The summed E-state index contributed by atoms with van der Waals surface area (Å²) >= 11 is 0. The van der Waals surface area contributed by atoms with Crippen molar-refractivity contribution >= 4 is 5.78 Å². The molecule has 0 bridgehead atoms. The van der Waals surface area contributed by atoms with Gasteiger partial charge in [0.15, 0.2) is 5.78 Å². The van der Waals surface area contributed by atoms with Crippen molar-refractivity contribution in [3.63, 3.8) is 0 Å². The highest BCUT2D eigenvalue weighted by atomic mass is 16.1. The van der Waals surface area contributed by atoms with Crippen molar-refractivity contribution in [2.24, 2.45) is 5.92 Å². The Labute approximate surface area is 168 Å². The molecule has 1 heteroatoms. The molecule has 142 valence electrons. The maximum absolute atomic E-state index is 12.5. The number of carbonyl (C=O) groups excluding carboxylic acids is 1. The van der Waals surface area contributed by atoms with Gasteiger partial charge >= 0.3 is 0 Å². The molecule has 1 aliphatic carbocycles. The van der Waals surface area contributed by atoms with Crippen molar-refractivity contribution in [1.82, 2.24) is 0 Å². The smallest absolute Gasteiger partial charge is 0.162 e. The number of Topliss-reactive ketones (excluding diaryl/α,β-unsaturated/α-hetero) is 1. The third kappa shape index (κ3) is 4.59. The molecule has 1 aliphatic rings. The molecule has 28 heavy (non-hydrogen) atoms. The van der Waals surface area contributed by atoms with Gasteiger partial charge in [-0.05, 0) is 34.6 Å². The molecule has 0 radical (unpaired) electrons. The summed E-state index contributed by atoms with van der Waals surface area (Å²) in [5.74, 6) is 1.05. The van der Waals surface area contributed by atoms with Crippen LogP contribution >= 0.6 is 0 Å². The second kappa shape index (κ2) is 9.01. The van der Waals surface area contributed by atoms with Gasteiger partial charge in [-0.1, -0.05) is 111 Å². The molecule has 1 fully saturated rings. The highest BCUT2D eigenvalue weighted by Crippen LogP contribution is 2.28. The zero-order valence-corrected chi connectivity index (χ0v) is 16.4. The normalized spacial score (nSPS) is 14.7. The van der Waals surface area contributed by atoms with Crippen molar-refractivity contribution in [2.75, 3.05) is 0 Å². The first-order valence-electron chi connectivity index (χ1n) is 10.6. The maximum Gasteiger partial charge on any atom is 0.162 e. The van der Waals surface area contributed by atoms with Crippen LogP contribution in [0.25, 0.3) is 22.3 Å². The van der Waals surface area contributed by atoms with Gasteiger partial charge in [0, 0.05) is 12.0 Å². The highest BCUT2D eigenvalue weighted by Gasteiger charge is 2.15. The molecule has 0 saturated heterocycles. The summed E-state index contributed by atoms with van der Waals surface area (Å²) in [6.07, 6.45) is 8.43. The van der Waals surface area contributed by atoms with E-state index in [0.29, 0.717) is 6.42 Å². The minimum absolute atomic E-state index is 0.288. The quantitative estimate of drug-likeness (QED) is 0.410. The second-order valence-corrected chi connectivity index (χ2v) is 7.99. The molecule has 1 saturated carbocycles. The fraction of sp³-hybridized carbons (Fsp3) is 0.296. The lowest BCUT2D eigenvalue weighted by Gasteiger charge is -2.20. The van der Waals surface area contributed by atoms with Gasteiger partial charge in [0.2, 0.25) is 0 Å². The maximum atomic E-state index is 12.5. The first kappa shape index (κ1) is 18.7. The number of benzene rings is 3. The largest absolute Gasteiger partial charge is 0.294 e. The van der Waals surface area contributed by atoms with Gasteiger partial charge in [-0.25, -0.2) is 0 Å². The number of hydrogen-bond acceptors (Lipinski definition) is 1. The van der Waals surface area contributed by atoms with E-state index in [1.807, 2.05) is 18.2 Å². The van der Waals surface area contributed by atoms with Gasteiger partial charge in [-0.3, -0.25) is 4.79 Å². The fourth-order valence-electron chi connectivity index (χ4n) is 4.29. The lowest BCUT2D eigenvalue weighted by molar-refractivity contribution is 0.0970. The molecule has 0 aliphatic heterocycles. The summed E-state index contributed by atoms with van der Waals surface area (Å²) in [5.41, 5.74) is 5.64. The van der Waals surface area contributed by atoms with Crippen LogP contribution in [0.2, 0.25) is 0 Å². The molecule has 4 rings (SSSR count). The van der Waals surface area contributed by atoms with Crippen LogP contribution in [0.5, 0.6) is 0 Å². The predicted octanol–water partition coefficient (Wildman–Crippen LogP) is 7.56. The number of ketones is 1. The van der Waals surface area contributed by atoms with E-state index in [0.717, 1.165) is 23.5 Å². The number of carbonyl (C=O) groups is 1. The van der Waals surface area contributed by atoms with E-state index < -0.39 is 0 Å². The molecule has 0 atom stereocenters. The first-order valence-corrected chi connectivity index (χ1v) is 10.6. The Morgan fingerprint density at radius 2 is 1.14 bits per heavy atom. The molecule has 0 N–H and O–H groups in total. The van der Waals surface area contributed by atoms with Crippen LogP contribution in [0.15, 0.2) is 78.9 Å². The fourth-order valence-corrected chi connectivity index (χ4v) is 4.29. The topological polar surface area (TPSA) is 17.1 Å². The Kier molecular flexibility index (Phi) is 6.01. The van der Waals surface area contributed by atoms with E-state index in [1.165, 1.54) is 48.8 Å². The van der Waals surface area contributed by atoms with Crippen LogP contribution in [0.4, 0.5) is 0 Å². The van der Waals surface area contributed by atoms with E-state index in [4.69, 9.17) is 0 Å². The molecular weight excluding hydrogens is 340 g/mol. The molecule has 0 heterocycles. The van der Waals surface area contributed by atoms with Crippen molar-refractivity contribution in [3.05, 3.63) is 84.4 Å². The van der Waals surface area contributed by atoms with Crippen molar-refractivity contribution < 1.29 is 4.79 Å². The van der Waals surface area contributed by atoms with Crippen LogP contribution in [0.3, 0.4) is 0 Å². The molecule has 3 aromatic rings. The van der Waals surface area contributed by atoms with Crippen molar-refractivity contribution in [3.8, 4) is 22.3 Å². The number of hydrogen-bond donors (Lipinski definition) is 0. The summed E-state index contributed by atoms with van der Waals surface area (Å²) in [5, 5.41) is 0. The zero-order valence-electron chi connectivity index (χ0n) is 16.4. The van der Waals surface area contributed by atoms with Gasteiger partial charge in [-0.2, -0.15) is 0 Å². The van der Waals surface area contributed by atoms with E-state index >= 15 is 0 Å². The Bertz CT molecular complexity index is 885. The highest BCUT2D eigenvalue weighted by molar-refractivity contribution is 5.96. The predicted molar refractivity (Wildman–Crippen MR) is 117 cm³/mol. The first-order chi connectivity index (χ1) is 13.8. The molecule has 0 aromatic heterocycles. The average Bonchev–Trinajstić information content (AvgIpc) is 2.79.